The van der Waals surface area contributed by atoms with Gasteiger partial charge in [0.25, 0.3) is 5.92 Å². The molecule has 0 bridgehead atoms. The van der Waals surface area contributed by atoms with Gasteiger partial charge in [0, 0.05) is 31.5 Å². The smallest absolute Gasteiger partial charge is 0.444 e. The van der Waals surface area contributed by atoms with Crippen LogP contribution in [0.3, 0.4) is 0 Å². The highest BCUT2D eigenvalue weighted by Gasteiger charge is 2.45. The number of nitrogens with one attached hydrogen (secondary N) is 1. The number of hydrogen-bond acceptors (Lipinski definition) is 7. The molecule has 3 rings (SSSR count). The van der Waals surface area contributed by atoms with Gasteiger partial charge in [-0.1, -0.05) is 43.7 Å². The van der Waals surface area contributed by atoms with Crippen LogP contribution in [0.5, 0.6) is 0 Å². The fraction of sp³-hybridized carbons (Fsp3) is 0.667. The molecule has 0 radical (unpaired) electrons. The third-order valence-corrected chi connectivity index (χ3v) is 7.88. The quantitative estimate of drug-likeness (QED) is 0.363. The number of alkyl halides is 2. The number of amides is 2. The number of carbonyl (C=O) groups is 2. The van der Waals surface area contributed by atoms with E-state index in [4.69, 9.17) is 4.74 Å². The second-order valence-corrected chi connectivity index (χ2v) is 11.3. The first-order chi connectivity index (χ1) is 18.3. The van der Waals surface area contributed by atoms with Gasteiger partial charge in [0.1, 0.15) is 12.0 Å². The van der Waals surface area contributed by atoms with Crippen molar-refractivity contribution in [3.8, 4) is 6.07 Å². The third kappa shape index (κ3) is 8.37. The molecule has 3 N–H and O–H groups in total. The molecule has 2 saturated heterocycles. The average molecular weight is 548 g/mol. The third-order valence-electron chi connectivity index (χ3n) is 7.88. The predicted octanol–water partition coefficient (Wildman–Crippen LogP) is 2.61. The SMILES string of the molecule is CCC(CC(C)(C)N1CCC(F)(F)C1)C(C#N)C(=O)N1CC[C@H](OC(=O)N[C@@H](Cc2ccccc2)B(O)O)C1. The van der Waals surface area contributed by atoms with Gasteiger partial charge in [-0.3, -0.25) is 9.69 Å². The van der Waals surface area contributed by atoms with Crippen LogP contribution in [0.2, 0.25) is 0 Å². The van der Waals surface area contributed by atoms with E-state index in [9.17, 15) is 33.7 Å². The van der Waals surface area contributed by atoms with Gasteiger partial charge in [-0.05, 0) is 38.2 Å². The van der Waals surface area contributed by atoms with Gasteiger partial charge in [0.05, 0.1) is 25.1 Å². The van der Waals surface area contributed by atoms with E-state index in [1.807, 2.05) is 39.0 Å². The number of alkyl carbamates (subject to hydrolysis) is 1. The fourth-order valence-corrected chi connectivity index (χ4v) is 5.54. The summed E-state index contributed by atoms with van der Waals surface area (Å²) >= 11 is 0. The minimum Gasteiger partial charge on any atom is -0.444 e. The van der Waals surface area contributed by atoms with Crippen molar-refractivity contribution in [3.05, 3.63) is 35.9 Å². The van der Waals surface area contributed by atoms with Crippen LogP contribution in [-0.2, 0) is 16.0 Å². The first-order valence-corrected chi connectivity index (χ1v) is 13.5. The number of hydrogen-bond donors (Lipinski definition) is 3. The molecule has 214 valence electrons. The van der Waals surface area contributed by atoms with E-state index in [2.05, 4.69) is 11.4 Å². The second kappa shape index (κ2) is 13.1. The van der Waals surface area contributed by atoms with E-state index < -0.39 is 42.6 Å². The molecule has 2 amide bonds. The zero-order valence-corrected chi connectivity index (χ0v) is 22.9. The molecule has 2 fully saturated rings. The van der Waals surface area contributed by atoms with Crippen molar-refractivity contribution in [3.63, 3.8) is 0 Å². The number of benzene rings is 1. The first kappa shape index (κ1) is 30.8. The van der Waals surface area contributed by atoms with Gasteiger partial charge in [0.2, 0.25) is 5.91 Å². The van der Waals surface area contributed by atoms with E-state index in [-0.39, 0.29) is 44.3 Å². The van der Waals surface area contributed by atoms with E-state index in [0.717, 1.165) is 5.56 Å². The molecule has 1 aromatic rings. The number of ether oxygens (including phenoxy) is 1. The Hall–Kier alpha value is -2.75. The van der Waals surface area contributed by atoms with Crippen molar-refractivity contribution in [2.45, 2.75) is 76.4 Å². The van der Waals surface area contributed by atoms with Crippen LogP contribution in [0.4, 0.5) is 13.6 Å². The molecule has 9 nitrogen and oxygen atoms in total. The van der Waals surface area contributed by atoms with Gasteiger partial charge in [-0.15, -0.1) is 0 Å². The molecule has 0 saturated carbocycles. The lowest BCUT2D eigenvalue weighted by molar-refractivity contribution is -0.135. The minimum atomic E-state index is -2.73. The Labute approximate surface area is 229 Å². The minimum absolute atomic E-state index is 0.119. The second-order valence-electron chi connectivity index (χ2n) is 11.3. The summed E-state index contributed by atoms with van der Waals surface area (Å²) in [5.41, 5.74) is 0.210. The maximum atomic E-state index is 13.8. The molecule has 39 heavy (non-hydrogen) atoms. The molecule has 0 aliphatic carbocycles. The van der Waals surface area contributed by atoms with Crippen LogP contribution in [0.1, 0.15) is 52.0 Å². The zero-order valence-electron chi connectivity index (χ0n) is 22.9. The monoisotopic (exact) mass is 548 g/mol. The number of carbonyl (C=O) groups excluding carboxylic acids is 2. The van der Waals surface area contributed by atoms with Gasteiger partial charge in [-0.25, -0.2) is 13.6 Å². The average Bonchev–Trinajstić information content (AvgIpc) is 3.50. The van der Waals surface area contributed by atoms with E-state index in [1.54, 1.807) is 17.0 Å². The Morgan fingerprint density at radius 2 is 1.97 bits per heavy atom. The Morgan fingerprint density at radius 3 is 2.54 bits per heavy atom. The van der Waals surface area contributed by atoms with Crippen LogP contribution in [0, 0.1) is 23.2 Å². The van der Waals surface area contributed by atoms with Gasteiger partial charge < -0.3 is 25.0 Å². The van der Waals surface area contributed by atoms with Crippen molar-refractivity contribution < 1.29 is 33.2 Å². The normalized spacial score (nSPS) is 21.6. The number of likely N-dealkylation sites (tertiary alicyclic amines) is 2. The van der Waals surface area contributed by atoms with Crippen LogP contribution >= 0.6 is 0 Å². The predicted molar refractivity (Wildman–Crippen MR) is 141 cm³/mol. The molecule has 0 spiro atoms. The Morgan fingerprint density at radius 1 is 1.28 bits per heavy atom. The number of nitriles is 1. The molecule has 1 aromatic carbocycles. The maximum absolute atomic E-state index is 13.8. The maximum Gasteiger partial charge on any atom is 0.475 e. The summed E-state index contributed by atoms with van der Waals surface area (Å²) in [6.07, 6.45) is -0.0858. The van der Waals surface area contributed by atoms with Crippen molar-refractivity contribution in [1.82, 2.24) is 15.1 Å². The molecule has 2 aliphatic rings. The summed E-state index contributed by atoms with van der Waals surface area (Å²) in [5, 5.41) is 31.8. The highest BCUT2D eigenvalue weighted by atomic mass is 19.3. The molecule has 0 aromatic heterocycles. The van der Waals surface area contributed by atoms with Gasteiger partial charge in [-0.2, -0.15) is 5.26 Å². The lowest BCUT2D eigenvalue weighted by Crippen LogP contribution is -2.49. The summed E-state index contributed by atoms with van der Waals surface area (Å²) in [7, 11) is -1.79. The highest BCUT2D eigenvalue weighted by Crippen LogP contribution is 2.37. The fourth-order valence-electron chi connectivity index (χ4n) is 5.54. The highest BCUT2D eigenvalue weighted by molar-refractivity contribution is 6.43. The summed E-state index contributed by atoms with van der Waals surface area (Å²) < 4.78 is 33.1. The van der Waals surface area contributed by atoms with E-state index in [0.29, 0.717) is 25.8 Å². The summed E-state index contributed by atoms with van der Waals surface area (Å²) in [5.74, 6) is -5.32. The Balaban J connectivity index is 1.55. The zero-order chi connectivity index (χ0) is 28.8. The molecular formula is C27H39BF2N4O5. The standard InChI is InChI=1S/C27H39BF2N4O5/c1-4-20(15-26(2,3)34-13-11-27(29,30)18-34)22(16-31)24(35)33-12-10-21(17-33)39-25(36)32-23(28(37)38)14-19-8-6-5-7-9-19/h5-9,20-23,37-38H,4,10-15,17-18H2,1-3H3,(H,32,36)/t20?,21-,22?,23-/m0/s1. The summed E-state index contributed by atoms with van der Waals surface area (Å²) in [4.78, 5) is 29.1. The number of halogens is 2. The van der Waals surface area contributed by atoms with Gasteiger partial charge in [0.15, 0.2) is 0 Å². The van der Waals surface area contributed by atoms with Crippen molar-refractivity contribution in [2.75, 3.05) is 26.2 Å². The molecule has 2 heterocycles. The molecule has 12 heteroatoms. The van der Waals surface area contributed by atoms with Crippen LogP contribution in [0.15, 0.2) is 30.3 Å². The van der Waals surface area contributed by atoms with Crippen LogP contribution < -0.4 is 5.32 Å². The number of nitrogens with zero attached hydrogens (tertiary/aromatic N) is 3. The molecule has 2 aliphatic heterocycles. The van der Waals surface area contributed by atoms with Crippen molar-refractivity contribution >= 4 is 19.1 Å². The van der Waals surface area contributed by atoms with Crippen molar-refractivity contribution in [2.24, 2.45) is 11.8 Å². The Bertz CT molecular complexity index is 1020. The largest absolute Gasteiger partial charge is 0.475 e. The topological polar surface area (TPSA) is 126 Å². The van der Waals surface area contributed by atoms with Crippen molar-refractivity contribution in [1.29, 1.82) is 5.26 Å². The molecular weight excluding hydrogens is 509 g/mol. The molecule has 2 unspecified atom stereocenters. The van der Waals surface area contributed by atoms with Crippen LogP contribution in [0.25, 0.3) is 0 Å². The summed E-state index contributed by atoms with van der Waals surface area (Å²) in [6, 6.07) is 11.2. The van der Waals surface area contributed by atoms with Gasteiger partial charge >= 0.3 is 13.2 Å². The van der Waals surface area contributed by atoms with E-state index >= 15 is 0 Å². The molecule has 4 atom stereocenters. The first-order valence-electron chi connectivity index (χ1n) is 13.5. The lowest BCUT2D eigenvalue weighted by atomic mass is 9.76. The number of rotatable bonds is 11. The Kier molecular flexibility index (Phi) is 10.3. The summed E-state index contributed by atoms with van der Waals surface area (Å²) in [6.45, 7) is 6.02. The van der Waals surface area contributed by atoms with E-state index in [1.165, 1.54) is 4.90 Å². The van der Waals surface area contributed by atoms with Crippen LogP contribution in [-0.4, -0.2) is 88.7 Å². The lowest BCUT2D eigenvalue weighted by Gasteiger charge is -2.39.